The van der Waals surface area contributed by atoms with Gasteiger partial charge in [-0.25, -0.2) is 14.4 Å². The average Bonchev–Trinajstić information content (AvgIpc) is 3.56. The van der Waals surface area contributed by atoms with Crippen LogP contribution in [0.15, 0.2) is 67.0 Å². The van der Waals surface area contributed by atoms with Crippen molar-refractivity contribution in [1.82, 2.24) is 14.9 Å². The third-order valence-corrected chi connectivity index (χ3v) is 8.66. The zero-order valence-corrected chi connectivity index (χ0v) is 23.6. The molecule has 0 unspecified atom stereocenters. The van der Waals surface area contributed by atoms with Crippen molar-refractivity contribution >= 4 is 43.1 Å². The Labute approximate surface area is 237 Å². The van der Waals surface area contributed by atoms with Crippen molar-refractivity contribution < 1.29 is 13.9 Å². The van der Waals surface area contributed by atoms with Crippen molar-refractivity contribution in [2.24, 2.45) is 0 Å². The minimum Gasteiger partial charge on any atom is -0.489 e. The number of nitrogens with zero attached hydrogens (tertiary/aromatic N) is 3. The minimum atomic E-state index is -0.260. The summed E-state index contributed by atoms with van der Waals surface area (Å²) < 4.78 is 26.1. The van der Waals surface area contributed by atoms with E-state index in [9.17, 15) is 4.39 Å². The number of aromatic nitrogens is 2. The molecule has 1 atom stereocenters. The second-order valence-corrected chi connectivity index (χ2v) is 11.4. The molecule has 40 heavy (non-hydrogen) atoms. The zero-order chi connectivity index (χ0) is 27.5. The van der Waals surface area contributed by atoms with Crippen molar-refractivity contribution in [2.45, 2.75) is 38.8 Å². The molecule has 1 fully saturated rings. The maximum absolute atomic E-state index is 13.5. The molecular formula is C32H33FN4O2S. The molecule has 2 aromatic heterocycles. The van der Waals surface area contributed by atoms with E-state index in [1.54, 1.807) is 30.8 Å². The first kappa shape index (κ1) is 26.6. The lowest BCUT2D eigenvalue weighted by atomic mass is 10.1. The third kappa shape index (κ3) is 5.80. The molecule has 6 nitrogen and oxygen atoms in total. The highest BCUT2D eigenvalue weighted by molar-refractivity contribution is 7.25. The van der Waals surface area contributed by atoms with Gasteiger partial charge in [-0.1, -0.05) is 24.3 Å². The fourth-order valence-corrected chi connectivity index (χ4v) is 6.67. The highest BCUT2D eigenvalue weighted by atomic mass is 32.1. The first-order valence-electron chi connectivity index (χ1n) is 13.7. The Morgan fingerprint density at radius 1 is 1.07 bits per heavy atom. The van der Waals surface area contributed by atoms with Gasteiger partial charge in [-0.05, 0) is 85.8 Å². The lowest BCUT2D eigenvalue weighted by molar-refractivity contribution is 0.116. The van der Waals surface area contributed by atoms with Gasteiger partial charge >= 0.3 is 0 Å². The molecule has 3 aromatic carbocycles. The van der Waals surface area contributed by atoms with Gasteiger partial charge in [0.25, 0.3) is 0 Å². The van der Waals surface area contributed by atoms with Gasteiger partial charge in [0.15, 0.2) is 0 Å². The first-order valence-corrected chi connectivity index (χ1v) is 14.5. The summed E-state index contributed by atoms with van der Waals surface area (Å²) in [5, 5.41) is 5.70. The van der Waals surface area contributed by atoms with Gasteiger partial charge < -0.3 is 14.8 Å². The molecule has 3 heterocycles. The molecule has 0 saturated carbocycles. The topological polar surface area (TPSA) is 59.5 Å². The number of rotatable bonds is 10. The molecule has 8 heteroatoms. The molecule has 206 valence electrons. The van der Waals surface area contributed by atoms with Crippen LogP contribution in [0.1, 0.15) is 29.5 Å². The summed E-state index contributed by atoms with van der Waals surface area (Å²) in [6.45, 7) is 5.34. The largest absolute Gasteiger partial charge is 0.489 e. The van der Waals surface area contributed by atoms with Crippen molar-refractivity contribution in [1.29, 1.82) is 0 Å². The molecule has 5 aromatic rings. The summed E-state index contributed by atoms with van der Waals surface area (Å²) in [5.41, 5.74) is 4.04. The van der Waals surface area contributed by atoms with Crippen molar-refractivity contribution in [3.05, 3.63) is 89.5 Å². The van der Waals surface area contributed by atoms with Crippen LogP contribution in [0, 0.1) is 12.7 Å². The summed E-state index contributed by atoms with van der Waals surface area (Å²) in [4.78, 5) is 12.7. The number of fused-ring (bicyclic) bond motifs is 3. The number of aryl methyl sites for hydroxylation is 1. The smallest absolute Gasteiger partial charge is 0.143 e. The monoisotopic (exact) mass is 556 g/mol. The molecule has 6 rings (SSSR count). The Morgan fingerprint density at radius 3 is 2.85 bits per heavy atom. The fraction of sp³-hybridized carbons (Fsp3) is 0.312. The van der Waals surface area contributed by atoms with Gasteiger partial charge in [0.1, 0.15) is 35.1 Å². The highest BCUT2D eigenvalue weighted by Gasteiger charge is 2.23. The van der Waals surface area contributed by atoms with Gasteiger partial charge in [0.2, 0.25) is 0 Å². The fourth-order valence-electron chi connectivity index (χ4n) is 5.56. The van der Waals surface area contributed by atoms with Crippen LogP contribution in [0.5, 0.6) is 5.75 Å². The average molecular weight is 557 g/mol. The quantitative estimate of drug-likeness (QED) is 0.195. The Balaban J connectivity index is 1.18. The molecule has 1 saturated heterocycles. The highest BCUT2D eigenvalue weighted by Crippen LogP contribution is 2.38. The maximum Gasteiger partial charge on any atom is 0.143 e. The number of nitrogens with one attached hydrogen (secondary N) is 1. The van der Waals surface area contributed by atoms with Gasteiger partial charge in [-0.15, -0.1) is 11.3 Å². The SMILES string of the molecule is COC[C@H]1CCCN1CCc1ccc2c(c1)sc1ncnc(Nc3ccc(OCc4cccc(F)c4)c(C)c3)c12. The summed E-state index contributed by atoms with van der Waals surface area (Å²) >= 11 is 1.71. The molecule has 1 aliphatic heterocycles. The van der Waals surface area contributed by atoms with E-state index in [4.69, 9.17) is 9.47 Å². The Kier molecular flexibility index (Phi) is 7.91. The number of hydrogen-bond acceptors (Lipinski definition) is 7. The summed E-state index contributed by atoms with van der Waals surface area (Å²) in [6.07, 6.45) is 5.12. The van der Waals surface area contributed by atoms with Crippen LogP contribution in [-0.4, -0.2) is 47.7 Å². The van der Waals surface area contributed by atoms with Crippen LogP contribution in [0.4, 0.5) is 15.9 Å². The number of benzene rings is 3. The van der Waals surface area contributed by atoms with Crippen LogP contribution in [0.25, 0.3) is 20.3 Å². The van der Waals surface area contributed by atoms with E-state index < -0.39 is 0 Å². The zero-order valence-electron chi connectivity index (χ0n) is 22.8. The summed E-state index contributed by atoms with van der Waals surface area (Å²) in [7, 11) is 1.79. The molecular weight excluding hydrogens is 523 g/mol. The molecule has 0 aliphatic carbocycles. The number of halogens is 1. The van der Waals surface area contributed by atoms with Crippen LogP contribution < -0.4 is 10.1 Å². The Hall–Kier alpha value is -3.59. The van der Waals surface area contributed by atoms with Crippen molar-refractivity contribution in [2.75, 3.05) is 32.1 Å². The predicted molar refractivity (Wildman–Crippen MR) is 160 cm³/mol. The lowest BCUT2D eigenvalue weighted by Crippen LogP contribution is -2.34. The number of hydrogen-bond donors (Lipinski definition) is 1. The second kappa shape index (κ2) is 11.9. The molecule has 1 N–H and O–H groups in total. The Morgan fingerprint density at radius 2 is 2.00 bits per heavy atom. The molecule has 0 bridgehead atoms. The predicted octanol–water partition coefficient (Wildman–Crippen LogP) is 7.27. The van der Waals surface area contributed by atoms with Crippen LogP contribution >= 0.6 is 11.3 Å². The molecule has 1 aliphatic rings. The van der Waals surface area contributed by atoms with E-state index >= 15 is 0 Å². The normalized spacial score (nSPS) is 15.7. The van der Waals surface area contributed by atoms with Crippen molar-refractivity contribution in [3.8, 4) is 5.75 Å². The molecule has 0 amide bonds. The van der Waals surface area contributed by atoms with Gasteiger partial charge in [0, 0.05) is 35.5 Å². The van der Waals surface area contributed by atoms with Gasteiger partial charge in [-0.3, -0.25) is 4.90 Å². The lowest BCUT2D eigenvalue weighted by Gasteiger charge is -2.23. The Bertz CT molecular complexity index is 1640. The van der Waals surface area contributed by atoms with Crippen LogP contribution in [0.3, 0.4) is 0 Å². The van der Waals surface area contributed by atoms with Crippen LogP contribution in [0.2, 0.25) is 0 Å². The standard InChI is InChI=1S/C32H33FN4O2S/c1-21-15-25(9-11-28(21)39-18-23-5-3-6-24(33)16-23)36-31-30-27-10-8-22(17-29(27)40-32(30)35-20-34-31)12-14-37-13-4-7-26(37)19-38-2/h3,5-6,8-11,15-17,20,26H,4,7,12-14,18-19H2,1-2H3,(H,34,35,36)/t26-/m1/s1. The van der Waals surface area contributed by atoms with E-state index in [1.165, 1.54) is 35.2 Å². The second-order valence-electron chi connectivity index (χ2n) is 10.4. The first-order chi connectivity index (χ1) is 19.6. The number of thiophene rings is 1. The van der Waals surface area contributed by atoms with Gasteiger partial charge in [0.05, 0.1) is 12.0 Å². The van der Waals surface area contributed by atoms with Gasteiger partial charge in [-0.2, -0.15) is 0 Å². The van der Waals surface area contributed by atoms with E-state index in [1.807, 2.05) is 31.2 Å². The minimum absolute atomic E-state index is 0.260. The number of methoxy groups -OCH3 is 1. The molecule has 0 radical (unpaired) electrons. The van der Waals surface area contributed by atoms with E-state index in [0.29, 0.717) is 12.6 Å². The van der Waals surface area contributed by atoms with E-state index in [-0.39, 0.29) is 5.82 Å². The van der Waals surface area contributed by atoms with Crippen molar-refractivity contribution in [3.63, 3.8) is 0 Å². The number of ether oxygens (including phenoxy) is 2. The maximum atomic E-state index is 13.5. The molecule has 0 spiro atoms. The van der Waals surface area contributed by atoms with Crippen LogP contribution in [-0.2, 0) is 17.8 Å². The summed E-state index contributed by atoms with van der Waals surface area (Å²) in [5.74, 6) is 1.29. The number of likely N-dealkylation sites (tertiary alicyclic amines) is 1. The summed E-state index contributed by atoms with van der Waals surface area (Å²) in [6, 6.07) is 19.7. The van der Waals surface area contributed by atoms with E-state index in [0.717, 1.165) is 70.1 Å². The van der Waals surface area contributed by atoms with E-state index in [2.05, 4.69) is 38.4 Å². The third-order valence-electron chi connectivity index (χ3n) is 7.60. The number of anilines is 2.